The molecule has 1 aromatic carbocycles. The smallest absolute Gasteiger partial charge is 0.125 e. The Balaban J connectivity index is 1.88. The second-order valence-corrected chi connectivity index (χ2v) is 5.49. The van der Waals surface area contributed by atoms with E-state index in [1.807, 2.05) is 13.1 Å². The molecule has 0 saturated carbocycles. The molecule has 2 rings (SSSR count). The average molecular weight is 264 g/mol. The van der Waals surface area contributed by atoms with Crippen molar-refractivity contribution in [1.29, 1.82) is 0 Å². The topological polar surface area (TPSA) is 29.3 Å². The fourth-order valence-corrected chi connectivity index (χ4v) is 2.61. The van der Waals surface area contributed by atoms with E-state index in [1.54, 1.807) is 11.3 Å². The highest BCUT2D eigenvalue weighted by Crippen LogP contribution is 2.14. The SMILES string of the molecule is CN(CCc1cccs1)Cc1cc(N)cc(F)c1. The monoisotopic (exact) mass is 264 g/mol. The molecule has 1 heterocycles. The van der Waals surface area contributed by atoms with Crippen molar-refractivity contribution in [3.8, 4) is 0 Å². The summed E-state index contributed by atoms with van der Waals surface area (Å²) < 4.78 is 13.2. The van der Waals surface area contributed by atoms with Gasteiger partial charge >= 0.3 is 0 Å². The summed E-state index contributed by atoms with van der Waals surface area (Å²) >= 11 is 1.77. The fourth-order valence-electron chi connectivity index (χ4n) is 1.91. The maximum absolute atomic E-state index is 13.2. The van der Waals surface area contributed by atoms with Gasteiger partial charge in [0.25, 0.3) is 0 Å². The molecule has 0 radical (unpaired) electrons. The summed E-state index contributed by atoms with van der Waals surface area (Å²) in [6.45, 7) is 1.67. The fraction of sp³-hybridized carbons (Fsp3) is 0.286. The number of rotatable bonds is 5. The number of nitrogens with zero attached hydrogens (tertiary/aromatic N) is 1. The van der Waals surface area contributed by atoms with Gasteiger partial charge in [-0.25, -0.2) is 4.39 Å². The molecule has 2 nitrogen and oxygen atoms in total. The molecule has 0 bridgehead atoms. The second kappa shape index (κ2) is 5.98. The molecule has 0 unspecified atom stereocenters. The summed E-state index contributed by atoms with van der Waals surface area (Å²) in [6.07, 6.45) is 1.03. The minimum atomic E-state index is -0.267. The van der Waals surface area contributed by atoms with Crippen LogP contribution < -0.4 is 5.73 Å². The average Bonchev–Trinajstić information content (AvgIpc) is 2.77. The predicted molar refractivity (Wildman–Crippen MR) is 75.2 cm³/mol. The lowest BCUT2D eigenvalue weighted by atomic mass is 10.2. The summed E-state index contributed by atoms with van der Waals surface area (Å²) in [5.41, 5.74) is 7.03. The summed E-state index contributed by atoms with van der Waals surface area (Å²) in [7, 11) is 2.04. The van der Waals surface area contributed by atoms with E-state index in [0.29, 0.717) is 12.2 Å². The van der Waals surface area contributed by atoms with Crippen LogP contribution in [0.2, 0.25) is 0 Å². The number of thiophene rings is 1. The Bertz CT molecular complexity index is 476. The Morgan fingerprint density at radius 3 is 2.83 bits per heavy atom. The highest BCUT2D eigenvalue weighted by atomic mass is 32.1. The molecular formula is C14H17FN2S. The van der Waals surface area contributed by atoms with Gasteiger partial charge < -0.3 is 10.6 Å². The van der Waals surface area contributed by atoms with Crippen LogP contribution in [0.15, 0.2) is 35.7 Å². The van der Waals surface area contributed by atoms with Gasteiger partial charge in [0.1, 0.15) is 5.82 Å². The van der Waals surface area contributed by atoms with Crippen LogP contribution in [-0.2, 0) is 13.0 Å². The zero-order valence-corrected chi connectivity index (χ0v) is 11.2. The number of halogens is 1. The Morgan fingerprint density at radius 2 is 2.17 bits per heavy atom. The van der Waals surface area contributed by atoms with Crippen molar-refractivity contribution in [1.82, 2.24) is 4.90 Å². The van der Waals surface area contributed by atoms with E-state index in [4.69, 9.17) is 5.73 Å². The Kier molecular flexibility index (Phi) is 4.33. The van der Waals surface area contributed by atoms with E-state index in [9.17, 15) is 4.39 Å². The summed E-state index contributed by atoms with van der Waals surface area (Å²) in [4.78, 5) is 3.55. The van der Waals surface area contributed by atoms with Gasteiger partial charge in [-0.2, -0.15) is 0 Å². The van der Waals surface area contributed by atoms with Crippen molar-refractivity contribution in [3.63, 3.8) is 0 Å². The van der Waals surface area contributed by atoms with Gasteiger partial charge in [-0.3, -0.25) is 0 Å². The normalized spacial score (nSPS) is 11.1. The third-order valence-electron chi connectivity index (χ3n) is 2.75. The molecule has 0 aliphatic rings. The number of nitrogens with two attached hydrogens (primary N) is 1. The van der Waals surface area contributed by atoms with E-state index in [0.717, 1.165) is 18.5 Å². The molecule has 0 saturated heterocycles. The molecule has 0 atom stereocenters. The van der Waals surface area contributed by atoms with Crippen molar-refractivity contribution < 1.29 is 4.39 Å². The third-order valence-corrected chi connectivity index (χ3v) is 3.69. The van der Waals surface area contributed by atoms with Gasteiger partial charge in [-0.1, -0.05) is 6.07 Å². The van der Waals surface area contributed by atoms with Crippen LogP contribution in [0.3, 0.4) is 0 Å². The van der Waals surface area contributed by atoms with Crippen LogP contribution in [0.4, 0.5) is 10.1 Å². The number of likely N-dealkylation sites (N-methyl/N-ethyl adjacent to an activating group) is 1. The number of hydrogen-bond acceptors (Lipinski definition) is 3. The molecule has 2 N–H and O–H groups in total. The summed E-state index contributed by atoms with van der Waals surface area (Å²) in [6, 6.07) is 8.91. The van der Waals surface area contributed by atoms with E-state index in [2.05, 4.69) is 22.4 Å². The quantitative estimate of drug-likeness (QED) is 0.841. The van der Waals surface area contributed by atoms with Crippen molar-refractivity contribution >= 4 is 17.0 Å². The Hall–Kier alpha value is -1.39. The van der Waals surface area contributed by atoms with Crippen LogP contribution >= 0.6 is 11.3 Å². The van der Waals surface area contributed by atoms with Crippen molar-refractivity contribution in [2.45, 2.75) is 13.0 Å². The van der Waals surface area contributed by atoms with E-state index in [1.165, 1.54) is 17.0 Å². The lowest BCUT2D eigenvalue weighted by Gasteiger charge is -2.16. The first-order chi connectivity index (χ1) is 8.63. The van der Waals surface area contributed by atoms with Crippen LogP contribution in [0, 0.1) is 5.82 Å². The van der Waals surface area contributed by atoms with Crippen molar-refractivity contribution in [2.24, 2.45) is 0 Å². The maximum atomic E-state index is 13.2. The Labute approximate surface area is 111 Å². The van der Waals surface area contributed by atoms with Crippen LogP contribution in [0.25, 0.3) is 0 Å². The van der Waals surface area contributed by atoms with Crippen LogP contribution in [0.1, 0.15) is 10.4 Å². The van der Waals surface area contributed by atoms with E-state index < -0.39 is 0 Å². The minimum Gasteiger partial charge on any atom is -0.399 e. The van der Waals surface area contributed by atoms with Crippen molar-refractivity contribution in [3.05, 3.63) is 52.0 Å². The number of nitrogen functional groups attached to an aromatic ring is 1. The van der Waals surface area contributed by atoms with Gasteiger partial charge in [0.2, 0.25) is 0 Å². The lowest BCUT2D eigenvalue weighted by Crippen LogP contribution is -2.20. The van der Waals surface area contributed by atoms with E-state index in [-0.39, 0.29) is 5.82 Å². The van der Waals surface area contributed by atoms with Gasteiger partial charge in [-0.05, 0) is 48.7 Å². The molecule has 0 aliphatic heterocycles. The zero-order valence-electron chi connectivity index (χ0n) is 10.4. The lowest BCUT2D eigenvalue weighted by molar-refractivity contribution is 0.331. The molecule has 4 heteroatoms. The molecule has 2 aromatic rings. The maximum Gasteiger partial charge on any atom is 0.125 e. The first-order valence-corrected chi connectivity index (χ1v) is 6.77. The van der Waals surface area contributed by atoms with Gasteiger partial charge in [-0.15, -0.1) is 11.3 Å². The highest BCUT2D eigenvalue weighted by molar-refractivity contribution is 7.09. The Morgan fingerprint density at radius 1 is 1.33 bits per heavy atom. The molecule has 0 spiro atoms. The predicted octanol–water partition coefficient (Wildman–Crippen LogP) is 3.14. The number of hydrogen-bond donors (Lipinski definition) is 1. The van der Waals surface area contributed by atoms with Crippen LogP contribution in [0.5, 0.6) is 0 Å². The molecule has 1 aromatic heterocycles. The first kappa shape index (κ1) is 13.1. The van der Waals surface area contributed by atoms with Gasteiger partial charge in [0, 0.05) is 23.7 Å². The summed E-state index contributed by atoms with van der Waals surface area (Å²) in [5, 5.41) is 2.09. The molecule has 96 valence electrons. The molecular weight excluding hydrogens is 247 g/mol. The van der Waals surface area contributed by atoms with Gasteiger partial charge in [0.15, 0.2) is 0 Å². The number of benzene rings is 1. The first-order valence-electron chi connectivity index (χ1n) is 5.89. The minimum absolute atomic E-state index is 0.267. The standard InChI is InChI=1S/C14H17FN2S/c1-17(5-4-14-3-2-6-18-14)10-11-7-12(15)9-13(16)8-11/h2-3,6-9H,4-5,10,16H2,1H3. The van der Waals surface area contributed by atoms with E-state index >= 15 is 0 Å². The highest BCUT2D eigenvalue weighted by Gasteiger charge is 2.04. The largest absolute Gasteiger partial charge is 0.399 e. The van der Waals surface area contributed by atoms with Gasteiger partial charge in [0.05, 0.1) is 0 Å². The molecule has 0 fully saturated rings. The molecule has 0 amide bonds. The van der Waals surface area contributed by atoms with Crippen LogP contribution in [-0.4, -0.2) is 18.5 Å². The third kappa shape index (κ3) is 3.82. The van der Waals surface area contributed by atoms with Crippen molar-refractivity contribution in [2.75, 3.05) is 19.3 Å². The second-order valence-electron chi connectivity index (χ2n) is 4.46. The summed E-state index contributed by atoms with van der Waals surface area (Å²) in [5.74, 6) is -0.267. The molecule has 18 heavy (non-hydrogen) atoms. The number of anilines is 1. The zero-order chi connectivity index (χ0) is 13.0. The molecule has 0 aliphatic carbocycles.